The van der Waals surface area contributed by atoms with Crippen LogP contribution in [0.2, 0.25) is 0 Å². The van der Waals surface area contributed by atoms with Gasteiger partial charge in [0.15, 0.2) is 0 Å². The van der Waals surface area contributed by atoms with E-state index in [2.05, 4.69) is 68.6 Å². The molecule has 102 valence electrons. The van der Waals surface area contributed by atoms with Crippen molar-refractivity contribution in [2.45, 2.75) is 33.2 Å². The van der Waals surface area contributed by atoms with Crippen LogP contribution in [0.25, 0.3) is 0 Å². The molecular weight excluding hydrogens is 250 g/mol. The normalized spacial score (nSPS) is 12.8. The molecule has 2 aromatic rings. The standard InChI is InChI=1S/C17H23NS/c1-13(2)17(15-7-5-4-6-8-15)12-18-11-16-10-9-14(3)19-16/h4-10,13,17-18H,11-12H2,1-3H3. The summed E-state index contributed by atoms with van der Waals surface area (Å²) in [6.45, 7) is 8.78. The molecule has 1 aromatic carbocycles. The number of rotatable bonds is 6. The quantitative estimate of drug-likeness (QED) is 0.812. The Bertz CT molecular complexity index is 487. The Morgan fingerprint density at radius 1 is 1.05 bits per heavy atom. The molecule has 19 heavy (non-hydrogen) atoms. The molecule has 0 saturated heterocycles. The Morgan fingerprint density at radius 3 is 2.37 bits per heavy atom. The van der Waals surface area contributed by atoms with Gasteiger partial charge in [0, 0.05) is 22.8 Å². The topological polar surface area (TPSA) is 12.0 Å². The van der Waals surface area contributed by atoms with Gasteiger partial charge in [-0.25, -0.2) is 0 Å². The SMILES string of the molecule is Cc1ccc(CNCC(c2ccccc2)C(C)C)s1. The summed E-state index contributed by atoms with van der Waals surface area (Å²) in [7, 11) is 0. The van der Waals surface area contributed by atoms with Crippen molar-refractivity contribution in [3.8, 4) is 0 Å². The molecule has 2 heteroatoms. The van der Waals surface area contributed by atoms with Gasteiger partial charge in [0.25, 0.3) is 0 Å². The van der Waals surface area contributed by atoms with E-state index >= 15 is 0 Å². The average Bonchev–Trinajstić information content (AvgIpc) is 2.81. The third kappa shape index (κ3) is 4.19. The number of hydrogen-bond acceptors (Lipinski definition) is 2. The zero-order valence-electron chi connectivity index (χ0n) is 12.0. The third-order valence-corrected chi connectivity index (χ3v) is 4.49. The van der Waals surface area contributed by atoms with E-state index in [1.165, 1.54) is 15.3 Å². The number of thiophene rings is 1. The van der Waals surface area contributed by atoms with Crippen molar-refractivity contribution < 1.29 is 0 Å². The summed E-state index contributed by atoms with van der Waals surface area (Å²) in [5.74, 6) is 1.24. The molecule has 0 bridgehead atoms. The van der Waals surface area contributed by atoms with Gasteiger partial charge >= 0.3 is 0 Å². The second-order valence-electron chi connectivity index (χ2n) is 5.40. The summed E-state index contributed by atoms with van der Waals surface area (Å²) in [5.41, 5.74) is 1.44. The minimum atomic E-state index is 0.585. The first-order valence-electron chi connectivity index (χ1n) is 6.98. The van der Waals surface area contributed by atoms with Crippen LogP contribution in [0.15, 0.2) is 42.5 Å². The van der Waals surface area contributed by atoms with E-state index in [1.807, 2.05) is 11.3 Å². The fraction of sp³-hybridized carbons (Fsp3) is 0.412. The zero-order valence-corrected chi connectivity index (χ0v) is 12.8. The largest absolute Gasteiger partial charge is 0.311 e. The van der Waals surface area contributed by atoms with E-state index in [9.17, 15) is 0 Å². The van der Waals surface area contributed by atoms with E-state index < -0.39 is 0 Å². The van der Waals surface area contributed by atoms with Crippen LogP contribution >= 0.6 is 11.3 Å². The van der Waals surface area contributed by atoms with Crippen molar-refractivity contribution in [2.75, 3.05) is 6.54 Å². The lowest BCUT2D eigenvalue weighted by atomic mass is 9.88. The second-order valence-corrected chi connectivity index (χ2v) is 6.78. The Balaban J connectivity index is 1.91. The van der Waals surface area contributed by atoms with Crippen molar-refractivity contribution in [1.29, 1.82) is 0 Å². The van der Waals surface area contributed by atoms with Crippen LogP contribution in [0, 0.1) is 12.8 Å². The van der Waals surface area contributed by atoms with Gasteiger partial charge in [0.2, 0.25) is 0 Å². The summed E-state index contributed by atoms with van der Waals surface area (Å²) in [6, 6.07) is 15.2. The van der Waals surface area contributed by atoms with Crippen LogP contribution < -0.4 is 5.32 Å². The van der Waals surface area contributed by atoms with Crippen LogP contribution in [-0.4, -0.2) is 6.54 Å². The van der Waals surface area contributed by atoms with E-state index in [0.29, 0.717) is 11.8 Å². The third-order valence-electron chi connectivity index (χ3n) is 3.49. The van der Waals surface area contributed by atoms with Gasteiger partial charge in [-0.2, -0.15) is 0 Å². The second kappa shape index (κ2) is 6.88. The lowest BCUT2D eigenvalue weighted by Crippen LogP contribution is -2.24. The van der Waals surface area contributed by atoms with Gasteiger partial charge in [-0.1, -0.05) is 44.2 Å². The molecule has 1 N–H and O–H groups in total. The van der Waals surface area contributed by atoms with Crippen molar-refractivity contribution in [3.63, 3.8) is 0 Å². The molecule has 0 amide bonds. The van der Waals surface area contributed by atoms with Crippen LogP contribution in [-0.2, 0) is 6.54 Å². The number of hydrogen-bond donors (Lipinski definition) is 1. The van der Waals surface area contributed by atoms with Crippen LogP contribution in [0.1, 0.15) is 35.1 Å². The molecule has 0 spiro atoms. The maximum atomic E-state index is 3.61. The molecule has 2 rings (SSSR count). The highest BCUT2D eigenvalue weighted by Gasteiger charge is 2.14. The van der Waals surface area contributed by atoms with Gasteiger partial charge in [-0.3, -0.25) is 0 Å². The van der Waals surface area contributed by atoms with Crippen molar-refractivity contribution in [2.24, 2.45) is 5.92 Å². The maximum absolute atomic E-state index is 3.61. The average molecular weight is 273 g/mol. The molecule has 0 aliphatic rings. The smallest absolute Gasteiger partial charge is 0.0300 e. The van der Waals surface area contributed by atoms with Crippen LogP contribution in [0.4, 0.5) is 0 Å². The van der Waals surface area contributed by atoms with Crippen molar-refractivity contribution >= 4 is 11.3 Å². The van der Waals surface area contributed by atoms with Gasteiger partial charge < -0.3 is 5.32 Å². The Labute approximate surface area is 120 Å². The van der Waals surface area contributed by atoms with Gasteiger partial charge in [-0.05, 0) is 36.5 Å². The zero-order chi connectivity index (χ0) is 13.7. The van der Waals surface area contributed by atoms with Gasteiger partial charge in [0.05, 0.1) is 0 Å². The molecule has 0 fully saturated rings. The number of benzene rings is 1. The molecule has 0 aliphatic heterocycles. The first kappa shape index (κ1) is 14.3. The Hall–Kier alpha value is -1.12. The lowest BCUT2D eigenvalue weighted by molar-refractivity contribution is 0.462. The highest BCUT2D eigenvalue weighted by molar-refractivity contribution is 7.11. The molecule has 0 radical (unpaired) electrons. The van der Waals surface area contributed by atoms with E-state index in [-0.39, 0.29) is 0 Å². The van der Waals surface area contributed by atoms with Gasteiger partial charge in [-0.15, -0.1) is 11.3 Å². The molecule has 1 heterocycles. The van der Waals surface area contributed by atoms with Gasteiger partial charge in [0.1, 0.15) is 0 Å². The summed E-state index contributed by atoms with van der Waals surface area (Å²) >= 11 is 1.88. The number of nitrogens with one attached hydrogen (secondary N) is 1. The monoisotopic (exact) mass is 273 g/mol. The molecule has 1 aromatic heterocycles. The summed E-state index contributed by atoms with van der Waals surface area (Å²) in [5, 5.41) is 3.61. The van der Waals surface area contributed by atoms with E-state index in [0.717, 1.165) is 13.1 Å². The minimum Gasteiger partial charge on any atom is -0.311 e. The van der Waals surface area contributed by atoms with Crippen LogP contribution in [0.5, 0.6) is 0 Å². The first-order chi connectivity index (χ1) is 9.16. The van der Waals surface area contributed by atoms with Crippen LogP contribution in [0.3, 0.4) is 0 Å². The number of aryl methyl sites for hydroxylation is 1. The highest BCUT2D eigenvalue weighted by atomic mass is 32.1. The van der Waals surface area contributed by atoms with E-state index in [4.69, 9.17) is 0 Å². The van der Waals surface area contributed by atoms with E-state index in [1.54, 1.807) is 0 Å². The fourth-order valence-electron chi connectivity index (χ4n) is 2.37. The van der Waals surface area contributed by atoms with Crippen molar-refractivity contribution in [3.05, 3.63) is 57.8 Å². The minimum absolute atomic E-state index is 0.585. The molecule has 1 unspecified atom stereocenters. The summed E-state index contributed by atoms with van der Waals surface area (Å²) in [6.07, 6.45) is 0. The Morgan fingerprint density at radius 2 is 1.79 bits per heavy atom. The predicted molar refractivity (Wildman–Crippen MR) is 84.8 cm³/mol. The Kier molecular flexibility index (Phi) is 5.17. The fourth-order valence-corrected chi connectivity index (χ4v) is 3.23. The predicted octanol–water partition coefficient (Wildman–Crippen LogP) is 4.59. The molecule has 0 saturated carbocycles. The summed E-state index contributed by atoms with van der Waals surface area (Å²) in [4.78, 5) is 2.81. The molecule has 1 atom stereocenters. The maximum Gasteiger partial charge on any atom is 0.0300 e. The molecule has 0 aliphatic carbocycles. The van der Waals surface area contributed by atoms with Crippen molar-refractivity contribution in [1.82, 2.24) is 5.32 Å². The lowest BCUT2D eigenvalue weighted by Gasteiger charge is -2.21. The molecular formula is C17H23NS. The summed E-state index contributed by atoms with van der Waals surface area (Å²) < 4.78 is 0. The highest BCUT2D eigenvalue weighted by Crippen LogP contribution is 2.23. The molecule has 1 nitrogen and oxygen atoms in total. The first-order valence-corrected chi connectivity index (χ1v) is 7.79.